The molecule has 2 aromatic heterocycles. The van der Waals surface area contributed by atoms with Gasteiger partial charge in [0.15, 0.2) is 10.8 Å². The van der Waals surface area contributed by atoms with Crippen molar-refractivity contribution in [1.29, 1.82) is 0 Å². The zero-order valence-corrected chi connectivity index (χ0v) is 16.0. The van der Waals surface area contributed by atoms with Gasteiger partial charge in [-0.3, -0.25) is 4.79 Å². The Balaban J connectivity index is 1.68. The normalized spacial score (nSPS) is 16.3. The average Bonchev–Trinajstić information content (AvgIpc) is 3.13. The van der Waals surface area contributed by atoms with Gasteiger partial charge < -0.3 is 4.90 Å². The second-order valence-corrected chi connectivity index (χ2v) is 7.49. The first-order valence-electron chi connectivity index (χ1n) is 8.95. The van der Waals surface area contributed by atoms with Gasteiger partial charge in [0.1, 0.15) is 10.7 Å². The third-order valence-electron chi connectivity index (χ3n) is 4.89. The lowest BCUT2D eigenvalue weighted by Crippen LogP contribution is -2.39. The van der Waals surface area contributed by atoms with Crippen molar-refractivity contribution in [1.82, 2.24) is 19.9 Å². The van der Waals surface area contributed by atoms with Crippen molar-refractivity contribution in [2.75, 3.05) is 6.54 Å². The lowest BCUT2D eigenvalue weighted by atomic mass is 9.93. The molecule has 0 radical (unpaired) electrons. The number of rotatable bonds is 3. The number of carbonyl (C=O) groups excluding carboxylic acids is 1. The summed E-state index contributed by atoms with van der Waals surface area (Å²) in [5.74, 6) is 0.190. The van der Waals surface area contributed by atoms with E-state index in [4.69, 9.17) is 0 Å². The summed E-state index contributed by atoms with van der Waals surface area (Å²) in [6.07, 6.45) is 4.70. The Bertz CT molecular complexity index is 989. The quantitative estimate of drug-likeness (QED) is 0.685. The predicted molar refractivity (Wildman–Crippen MR) is 102 cm³/mol. The molecule has 5 nitrogen and oxygen atoms in total. The number of hydrogen-bond acceptors (Lipinski definition) is 5. The number of hydrogen-bond donors (Lipinski definition) is 0. The summed E-state index contributed by atoms with van der Waals surface area (Å²) in [7, 11) is 0. The Labute approximate surface area is 160 Å². The van der Waals surface area contributed by atoms with Gasteiger partial charge in [0.25, 0.3) is 5.91 Å². The van der Waals surface area contributed by atoms with Gasteiger partial charge in [0.05, 0.1) is 11.7 Å². The third-order valence-corrected chi connectivity index (χ3v) is 5.97. The Morgan fingerprint density at radius 3 is 2.85 bits per heavy atom. The van der Waals surface area contributed by atoms with Gasteiger partial charge in [-0.1, -0.05) is 13.0 Å². The second kappa shape index (κ2) is 7.15. The summed E-state index contributed by atoms with van der Waals surface area (Å²) in [6, 6.07) is 6.40. The predicted octanol–water partition coefficient (Wildman–Crippen LogP) is 4.06. The van der Waals surface area contributed by atoms with Crippen LogP contribution in [0.2, 0.25) is 0 Å². The molecule has 138 valence electrons. The Kier molecular flexibility index (Phi) is 4.70. The van der Waals surface area contributed by atoms with Crippen LogP contribution in [-0.4, -0.2) is 32.3 Å². The molecule has 1 atom stereocenters. The molecule has 0 saturated heterocycles. The van der Waals surface area contributed by atoms with Crippen LogP contribution in [0, 0.1) is 5.82 Å². The molecule has 1 unspecified atom stereocenters. The molecular weight excluding hydrogens is 363 g/mol. The number of fused-ring (bicyclic) bond motifs is 1. The van der Waals surface area contributed by atoms with E-state index in [1.54, 1.807) is 18.5 Å². The minimum Gasteiger partial charge on any atom is -0.331 e. The molecule has 0 N–H and O–H groups in total. The fraction of sp³-hybridized carbons (Fsp3) is 0.300. The van der Waals surface area contributed by atoms with E-state index in [0.717, 1.165) is 23.2 Å². The molecule has 1 aliphatic rings. The van der Waals surface area contributed by atoms with E-state index in [1.165, 1.54) is 23.5 Å². The molecule has 27 heavy (non-hydrogen) atoms. The van der Waals surface area contributed by atoms with Crippen LogP contribution in [0.15, 0.2) is 36.7 Å². The van der Waals surface area contributed by atoms with E-state index in [0.29, 0.717) is 28.7 Å². The zero-order valence-electron chi connectivity index (χ0n) is 15.1. The molecule has 0 saturated carbocycles. The lowest BCUT2D eigenvalue weighted by Gasteiger charge is -2.35. The fourth-order valence-corrected chi connectivity index (χ4v) is 4.51. The van der Waals surface area contributed by atoms with Crippen molar-refractivity contribution < 1.29 is 9.18 Å². The van der Waals surface area contributed by atoms with E-state index in [9.17, 15) is 9.18 Å². The summed E-state index contributed by atoms with van der Waals surface area (Å²) in [5.41, 5.74) is 2.74. The van der Waals surface area contributed by atoms with Crippen molar-refractivity contribution >= 4 is 17.2 Å². The smallest absolute Gasteiger partial charge is 0.266 e. The minimum absolute atomic E-state index is 0.0612. The van der Waals surface area contributed by atoms with E-state index in [1.807, 2.05) is 24.8 Å². The molecule has 3 heterocycles. The number of amides is 1. The standard InChI is InChI=1S/C20H19FN4OS/c1-3-16-17(27-19(24-16)18-22-8-4-9-23-18)20(26)25-10-7-13-5-6-14(21)11-15(13)12(25)2/h4-6,8-9,11-12H,3,7,10H2,1-2H3. The molecule has 0 bridgehead atoms. The first-order chi connectivity index (χ1) is 13.1. The summed E-state index contributed by atoms with van der Waals surface area (Å²) in [6.45, 7) is 4.53. The Morgan fingerprint density at radius 2 is 2.11 bits per heavy atom. The number of aryl methyl sites for hydroxylation is 1. The highest BCUT2D eigenvalue weighted by atomic mass is 32.1. The molecule has 3 aromatic rings. The molecule has 1 amide bonds. The maximum absolute atomic E-state index is 13.7. The molecule has 0 spiro atoms. The van der Waals surface area contributed by atoms with Crippen LogP contribution in [0.4, 0.5) is 4.39 Å². The van der Waals surface area contributed by atoms with E-state index < -0.39 is 0 Å². The summed E-state index contributed by atoms with van der Waals surface area (Å²) < 4.78 is 13.7. The molecule has 4 rings (SSSR count). The number of carbonyl (C=O) groups is 1. The molecule has 7 heteroatoms. The van der Waals surface area contributed by atoms with Crippen molar-refractivity contribution in [2.45, 2.75) is 32.7 Å². The van der Waals surface area contributed by atoms with Crippen LogP contribution in [0.25, 0.3) is 10.8 Å². The van der Waals surface area contributed by atoms with Crippen LogP contribution in [0.5, 0.6) is 0 Å². The monoisotopic (exact) mass is 382 g/mol. The van der Waals surface area contributed by atoms with E-state index in [-0.39, 0.29) is 17.8 Å². The highest BCUT2D eigenvalue weighted by molar-refractivity contribution is 7.17. The second-order valence-electron chi connectivity index (χ2n) is 6.49. The number of nitrogens with zero attached hydrogens (tertiary/aromatic N) is 4. The van der Waals surface area contributed by atoms with Gasteiger partial charge >= 0.3 is 0 Å². The molecule has 1 aromatic carbocycles. The highest BCUT2D eigenvalue weighted by Gasteiger charge is 2.31. The molecular formula is C20H19FN4OS. The third kappa shape index (κ3) is 3.23. The van der Waals surface area contributed by atoms with Crippen LogP contribution < -0.4 is 0 Å². The van der Waals surface area contributed by atoms with Gasteiger partial charge in [0, 0.05) is 18.9 Å². The Hall–Kier alpha value is -2.67. The fourth-order valence-electron chi connectivity index (χ4n) is 3.46. The molecule has 1 aliphatic heterocycles. The topological polar surface area (TPSA) is 59.0 Å². The SMILES string of the molecule is CCc1nc(-c2ncccn2)sc1C(=O)N1CCc2ccc(F)cc2C1C. The minimum atomic E-state index is -0.273. The first kappa shape index (κ1) is 17.7. The molecule has 0 fully saturated rings. The van der Waals surface area contributed by atoms with Gasteiger partial charge in [-0.2, -0.15) is 0 Å². The Morgan fingerprint density at radius 1 is 1.33 bits per heavy atom. The number of benzene rings is 1. The van der Waals surface area contributed by atoms with Crippen molar-refractivity contribution in [3.8, 4) is 10.8 Å². The van der Waals surface area contributed by atoms with Gasteiger partial charge in [0.2, 0.25) is 0 Å². The summed E-state index contributed by atoms with van der Waals surface area (Å²) >= 11 is 1.32. The average molecular weight is 382 g/mol. The van der Waals surface area contributed by atoms with Crippen LogP contribution in [0.3, 0.4) is 0 Å². The maximum atomic E-state index is 13.7. The van der Waals surface area contributed by atoms with Gasteiger partial charge in [-0.25, -0.2) is 19.3 Å². The van der Waals surface area contributed by atoms with Gasteiger partial charge in [-0.15, -0.1) is 11.3 Å². The molecule has 0 aliphatic carbocycles. The van der Waals surface area contributed by atoms with E-state index >= 15 is 0 Å². The number of thiazole rings is 1. The van der Waals surface area contributed by atoms with Crippen molar-refractivity contribution in [3.63, 3.8) is 0 Å². The summed E-state index contributed by atoms with van der Waals surface area (Å²) in [4.78, 5) is 28.8. The van der Waals surface area contributed by atoms with Crippen LogP contribution in [0.1, 0.15) is 46.4 Å². The first-order valence-corrected chi connectivity index (χ1v) is 9.76. The van der Waals surface area contributed by atoms with Crippen molar-refractivity contribution in [3.05, 3.63) is 64.2 Å². The summed E-state index contributed by atoms with van der Waals surface area (Å²) in [5, 5.41) is 0.645. The number of aromatic nitrogens is 3. The highest BCUT2D eigenvalue weighted by Crippen LogP contribution is 2.34. The van der Waals surface area contributed by atoms with Gasteiger partial charge in [-0.05, 0) is 49.1 Å². The van der Waals surface area contributed by atoms with Crippen LogP contribution in [-0.2, 0) is 12.8 Å². The van der Waals surface area contributed by atoms with Crippen LogP contribution >= 0.6 is 11.3 Å². The lowest BCUT2D eigenvalue weighted by molar-refractivity contribution is 0.0681. The number of halogens is 1. The van der Waals surface area contributed by atoms with Crippen molar-refractivity contribution in [2.24, 2.45) is 0 Å². The van der Waals surface area contributed by atoms with E-state index in [2.05, 4.69) is 15.0 Å². The maximum Gasteiger partial charge on any atom is 0.266 e. The zero-order chi connectivity index (χ0) is 19.0. The largest absolute Gasteiger partial charge is 0.331 e.